The highest BCUT2D eigenvalue weighted by Crippen LogP contribution is 2.20. The van der Waals surface area contributed by atoms with Gasteiger partial charge in [-0.05, 0) is 62.2 Å². The van der Waals surface area contributed by atoms with Gasteiger partial charge in [0.05, 0.1) is 0 Å². The van der Waals surface area contributed by atoms with Crippen LogP contribution in [0.3, 0.4) is 0 Å². The van der Waals surface area contributed by atoms with Gasteiger partial charge in [0.15, 0.2) is 0 Å². The van der Waals surface area contributed by atoms with Gasteiger partial charge in [0, 0.05) is 22.1 Å². The zero-order valence-corrected chi connectivity index (χ0v) is 15.6. The first kappa shape index (κ1) is 17.9. The van der Waals surface area contributed by atoms with Gasteiger partial charge in [0.25, 0.3) is 5.91 Å². The Balaban J connectivity index is 1.84. The number of nitrogens with one attached hydrogen (secondary N) is 2. The van der Waals surface area contributed by atoms with Crippen LogP contribution in [-0.4, -0.2) is 15.9 Å². The van der Waals surface area contributed by atoms with Crippen LogP contribution in [0.4, 0.5) is 17.3 Å². The van der Waals surface area contributed by atoms with E-state index >= 15 is 0 Å². The van der Waals surface area contributed by atoms with Crippen molar-refractivity contribution in [2.45, 2.75) is 20.8 Å². The summed E-state index contributed by atoms with van der Waals surface area (Å²) in [5, 5.41) is 6.60. The number of hydrogen-bond acceptors (Lipinski definition) is 4. The minimum absolute atomic E-state index is 0.279. The number of anilines is 3. The summed E-state index contributed by atoms with van der Waals surface area (Å²) in [4.78, 5) is 21.3. The molecule has 0 aliphatic carbocycles. The first-order valence-corrected chi connectivity index (χ1v) is 8.55. The minimum atomic E-state index is -0.279. The van der Waals surface area contributed by atoms with E-state index < -0.39 is 0 Å². The topological polar surface area (TPSA) is 66.9 Å². The summed E-state index contributed by atoms with van der Waals surface area (Å²) in [6.07, 6.45) is 0. The lowest BCUT2D eigenvalue weighted by molar-refractivity contribution is 0.102. The van der Waals surface area contributed by atoms with Crippen LogP contribution in [-0.2, 0) is 0 Å². The number of hydrogen-bond donors (Lipinski definition) is 2. The Labute approximate surface area is 157 Å². The third-order valence-corrected chi connectivity index (χ3v) is 4.04. The fourth-order valence-corrected chi connectivity index (χ4v) is 2.68. The lowest BCUT2D eigenvalue weighted by atomic mass is 10.1. The number of carbonyl (C=O) groups is 1. The van der Waals surface area contributed by atoms with Gasteiger partial charge in [-0.1, -0.05) is 29.8 Å². The molecule has 2 aromatic carbocycles. The third-order valence-electron chi connectivity index (χ3n) is 3.81. The highest BCUT2D eigenvalue weighted by molar-refractivity contribution is 6.30. The monoisotopic (exact) mass is 366 g/mol. The van der Waals surface area contributed by atoms with Crippen molar-refractivity contribution in [3.05, 3.63) is 76.1 Å². The predicted molar refractivity (Wildman–Crippen MR) is 105 cm³/mol. The van der Waals surface area contributed by atoms with Gasteiger partial charge in [0.1, 0.15) is 5.69 Å². The van der Waals surface area contributed by atoms with Gasteiger partial charge in [-0.15, -0.1) is 0 Å². The predicted octanol–water partition coefficient (Wildman–Crippen LogP) is 5.05. The number of benzene rings is 2. The molecule has 132 valence electrons. The number of nitrogens with zero attached hydrogens (tertiary/aromatic N) is 2. The van der Waals surface area contributed by atoms with E-state index in [1.807, 2.05) is 51.1 Å². The lowest BCUT2D eigenvalue weighted by Crippen LogP contribution is -2.16. The van der Waals surface area contributed by atoms with Crippen molar-refractivity contribution in [3.8, 4) is 0 Å². The molecule has 0 radical (unpaired) electrons. The molecule has 3 aromatic rings. The van der Waals surface area contributed by atoms with E-state index in [0.717, 1.165) is 22.5 Å². The molecule has 0 aliphatic heterocycles. The molecule has 1 heterocycles. The van der Waals surface area contributed by atoms with Gasteiger partial charge in [-0.3, -0.25) is 4.79 Å². The molecule has 6 heteroatoms. The Morgan fingerprint density at radius 1 is 1.00 bits per heavy atom. The summed E-state index contributed by atoms with van der Waals surface area (Å²) in [5.74, 6) is 0.0664. The molecule has 0 spiro atoms. The van der Waals surface area contributed by atoms with Crippen molar-refractivity contribution < 1.29 is 4.79 Å². The SMILES string of the molecule is Cc1ccc(C)c(NC(=O)c2cc(C)nc(Nc3cccc(Cl)c3)n2)c1. The van der Waals surface area contributed by atoms with Crippen LogP contribution in [0.5, 0.6) is 0 Å². The van der Waals surface area contributed by atoms with E-state index in [-0.39, 0.29) is 5.91 Å². The van der Waals surface area contributed by atoms with Crippen molar-refractivity contribution in [3.63, 3.8) is 0 Å². The second-order valence-electron chi connectivity index (χ2n) is 6.13. The van der Waals surface area contributed by atoms with E-state index in [1.54, 1.807) is 18.2 Å². The average molecular weight is 367 g/mol. The van der Waals surface area contributed by atoms with Gasteiger partial charge in [-0.2, -0.15) is 0 Å². The molecule has 0 saturated carbocycles. The summed E-state index contributed by atoms with van der Waals surface area (Å²) in [6.45, 7) is 5.75. The molecular formula is C20H19ClN4O. The Hall–Kier alpha value is -2.92. The number of aryl methyl sites for hydroxylation is 3. The summed E-state index contributed by atoms with van der Waals surface area (Å²) in [5.41, 5.74) is 4.58. The molecule has 0 aliphatic rings. The van der Waals surface area contributed by atoms with Gasteiger partial charge in [-0.25, -0.2) is 9.97 Å². The maximum Gasteiger partial charge on any atom is 0.274 e. The van der Waals surface area contributed by atoms with Gasteiger partial charge < -0.3 is 10.6 Å². The molecule has 0 bridgehead atoms. The standard InChI is InChI=1S/C20H19ClN4O/c1-12-7-8-13(2)17(9-12)24-19(26)18-10-14(3)22-20(25-18)23-16-6-4-5-15(21)11-16/h4-11H,1-3H3,(H,24,26)(H,22,23,25). The molecule has 3 rings (SSSR count). The highest BCUT2D eigenvalue weighted by atomic mass is 35.5. The summed E-state index contributed by atoms with van der Waals surface area (Å²) < 4.78 is 0. The maximum absolute atomic E-state index is 12.6. The summed E-state index contributed by atoms with van der Waals surface area (Å²) in [7, 11) is 0. The number of halogens is 1. The van der Waals surface area contributed by atoms with Crippen LogP contribution in [0, 0.1) is 20.8 Å². The van der Waals surface area contributed by atoms with Gasteiger partial charge in [0.2, 0.25) is 5.95 Å². The second kappa shape index (κ2) is 7.54. The maximum atomic E-state index is 12.6. The van der Waals surface area contributed by atoms with Crippen LogP contribution in [0.15, 0.2) is 48.5 Å². The molecule has 0 saturated heterocycles. The largest absolute Gasteiger partial charge is 0.324 e. The van der Waals surface area contributed by atoms with Crippen molar-refractivity contribution >= 4 is 34.8 Å². The van der Waals surface area contributed by atoms with Crippen molar-refractivity contribution in [2.24, 2.45) is 0 Å². The fourth-order valence-electron chi connectivity index (χ4n) is 2.49. The molecule has 1 amide bonds. The molecule has 1 aromatic heterocycles. The van der Waals surface area contributed by atoms with Crippen LogP contribution in [0.2, 0.25) is 5.02 Å². The summed E-state index contributed by atoms with van der Waals surface area (Å²) in [6, 6.07) is 14.8. The van der Waals surface area contributed by atoms with Crippen LogP contribution in [0.1, 0.15) is 27.3 Å². The molecule has 0 atom stereocenters. The van der Waals surface area contributed by atoms with E-state index in [2.05, 4.69) is 20.6 Å². The third kappa shape index (κ3) is 4.37. The fraction of sp³-hybridized carbons (Fsp3) is 0.150. The Morgan fingerprint density at radius 3 is 2.58 bits per heavy atom. The molecule has 0 unspecified atom stereocenters. The highest BCUT2D eigenvalue weighted by Gasteiger charge is 2.12. The zero-order valence-electron chi connectivity index (χ0n) is 14.8. The molecule has 0 fully saturated rings. The minimum Gasteiger partial charge on any atom is -0.324 e. The number of rotatable bonds is 4. The smallest absolute Gasteiger partial charge is 0.274 e. The Kier molecular flexibility index (Phi) is 5.19. The average Bonchev–Trinajstić information content (AvgIpc) is 2.57. The van der Waals surface area contributed by atoms with Crippen LogP contribution in [0.25, 0.3) is 0 Å². The van der Waals surface area contributed by atoms with Crippen LogP contribution < -0.4 is 10.6 Å². The molecule has 2 N–H and O–H groups in total. The normalized spacial score (nSPS) is 10.5. The lowest BCUT2D eigenvalue weighted by Gasteiger charge is -2.11. The zero-order chi connectivity index (χ0) is 18.7. The number of carbonyl (C=O) groups excluding carboxylic acids is 1. The van der Waals surface area contributed by atoms with E-state index in [4.69, 9.17) is 11.6 Å². The second-order valence-corrected chi connectivity index (χ2v) is 6.56. The number of amides is 1. The molecule has 5 nitrogen and oxygen atoms in total. The quantitative estimate of drug-likeness (QED) is 0.678. The van der Waals surface area contributed by atoms with E-state index in [9.17, 15) is 4.79 Å². The summed E-state index contributed by atoms with van der Waals surface area (Å²) >= 11 is 6.00. The van der Waals surface area contributed by atoms with Crippen molar-refractivity contribution in [1.82, 2.24) is 9.97 Å². The molecule has 26 heavy (non-hydrogen) atoms. The Morgan fingerprint density at radius 2 is 1.81 bits per heavy atom. The Bertz CT molecular complexity index is 972. The van der Waals surface area contributed by atoms with E-state index in [1.165, 1.54) is 0 Å². The molecular weight excluding hydrogens is 348 g/mol. The van der Waals surface area contributed by atoms with Crippen LogP contribution >= 0.6 is 11.6 Å². The van der Waals surface area contributed by atoms with E-state index in [0.29, 0.717) is 22.4 Å². The number of aromatic nitrogens is 2. The van der Waals surface area contributed by atoms with Gasteiger partial charge >= 0.3 is 0 Å². The first-order chi connectivity index (χ1) is 12.4. The van der Waals surface area contributed by atoms with Crippen molar-refractivity contribution in [2.75, 3.05) is 10.6 Å². The first-order valence-electron chi connectivity index (χ1n) is 8.17. The van der Waals surface area contributed by atoms with Crippen molar-refractivity contribution in [1.29, 1.82) is 0 Å².